The van der Waals surface area contributed by atoms with Crippen molar-refractivity contribution in [2.45, 2.75) is 52.4 Å². The maximum atomic E-state index is 12.0. The Morgan fingerprint density at radius 1 is 1.17 bits per heavy atom. The molecular weight excluding hydrogens is 228 g/mol. The fraction of sp³-hybridized carbons (Fsp3) is 0.929. The molecule has 0 rings (SSSR count). The van der Waals surface area contributed by atoms with E-state index in [1.165, 1.54) is 0 Å². The number of rotatable bonds is 11. The lowest BCUT2D eigenvalue weighted by Gasteiger charge is -2.22. The van der Waals surface area contributed by atoms with Crippen molar-refractivity contribution >= 4 is 5.91 Å². The minimum Gasteiger partial charge on any atom is -0.395 e. The van der Waals surface area contributed by atoms with E-state index in [1.54, 1.807) is 4.90 Å². The van der Waals surface area contributed by atoms with E-state index in [0.29, 0.717) is 25.4 Å². The Balaban J connectivity index is 4.08. The summed E-state index contributed by atoms with van der Waals surface area (Å²) in [5, 5.41) is 8.95. The monoisotopic (exact) mass is 258 g/mol. The molecule has 0 aromatic carbocycles. The second-order valence-corrected chi connectivity index (χ2v) is 4.88. The van der Waals surface area contributed by atoms with Crippen LogP contribution < -0.4 is 5.73 Å². The molecule has 18 heavy (non-hydrogen) atoms. The van der Waals surface area contributed by atoms with Crippen molar-refractivity contribution in [3.05, 3.63) is 0 Å². The Labute approximate surface area is 112 Å². The summed E-state index contributed by atoms with van der Waals surface area (Å²) in [6.07, 6.45) is 5.76. The van der Waals surface area contributed by atoms with Crippen LogP contribution in [0, 0.1) is 5.92 Å². The van der Waals surface area contributed by atoms with E-state index in [9.17, 15) is 4.79 Å². The van der Waals surface area contributed by atoms with Gasteiger partial charge in [-0.05, 0) is 31.7 Å². The van der Waals surface area contributed by atoms with Crippen LogP contribution >= 0.6 is 0 Å². The maximum absolute atomic E-state index is 12.0. The third kappa shape index (κ3) is 7.67. The topological polar surface area (TPSA) is 66.6 Å². The number of hydrogen-bond donors (Lipinski definition) is 2. The lowest BCUT2D eigenvalue weighted by atomic mass is 9.94. The Morgan fingerprint density at radius 2 is 1.89 bits per heavy atom. The minimum absolute atomic E-state index is 0.0485. The molecule has 0 aliphatic heterocycles. The Hall–Kier alpha value is -0.610. The second-order valence-electron chi connectivity index (χ2n) is 4.88. The van der Waals surface area contributed by atoms with Crippen LogP contribution in [0.15, 0.2) is 0 Å². The Morgan fingerprint density at radius 3 is 2.39 bits per heavy atom. The first-order chi connectivity index (χ1) is 8.69. The molecule has 0 saturated carbocycles. The fourth-order valence-corrected chi connectivity index (χ4v) is 2.31. The van der Waals surface area contributed by atoms with Crippen molar-refractivity contribution in [2.24, 2.45) is 11.7 Å². The third-order valence-electron chi connectivity index (χ3n) is 3.25. The predicted octanol–water partition coefficient (Wildman–Crippen LogP) is 1.76. The number of hydrogen-bond acceptors (Lipinski definition) is 3. The molecule has 1 atom stereocenters. The summed E-state index contributed by atoms with van der Waals surface area (Å²) in [4.78, 5) is 13.8. The Bertz CT molecular complexity index is 198. The van der Waals surface area contributed by atoms with E-state index in [2.05, 4.69) is 6.92 Å². The van der Waals surface area contributed by atoms with Gasteiger partial charge in [0.15, 0.2) is 0 Å². The molecule has 0 radical (unpaired) electrons. The number of aliphatic hydroxyl groups is 1. The van der Waals surface area contributed by atoms with Crippen molar-refractivity contribution in [1.29, 1.82) is 0 Å². The summed E-state index contributed by atoms with van der Waals surface area (Å²) in [5.41, 5.74) is 5.59. The van der Waals surface area contributed by atoms with Crippen LogP contribution in [0.3, 0.4) is 0 Å². The molecule has 0 aliphatic rings. The molecule has 0 saturated heterocycles. The minimum atomic E-state index is 0.0485. The van der Waals surface area contributed by atoms with Crippen molar-refractivity contribution in [3.8, 4) is 0 Å². The normalized spacial score (nSPS) is 12.4. The predicted molar refractivity (Wildman–Crippen MR) is 75.3 cm³/mol. The summed E-state index contributed by atoms with van der Waals surface area (Å²) in [6.45, 7) is 6.17. The van der Waals surface area contributed by atoms with Gasteiger partial charge in [-0.15, -0.1) is 0 Å². The van der Waals surface area contributed by atoms with Gasteiger partial charge in [0.05, 0.1) is 6.61 Å². The highest BCUT2D eigenvalue weighted by molar-refractivity contribution is 5.76. The van der Waals surface area contributed by atoms with Gasteiger partial charge in [0, 0.05) is 19.5 Å². The molecule has 0 fully saturated rings. The van der Waals surface area contributed by atoms with E-state index in [0.717, 1.165) is 38.6 Å². The molecule has 0 aliphatic carbocycles. The van der Waals surface area contributed by atoms with Crippen molar-refractivity contribution in [3.63, 3.8) is 0 Å². The van der Waals surface area contributed by atoms with Gasteiger partial charge in [-0.3, -0.25) is 4.79 Å². The van der Waals surface area contributed by atoms with Gasteiger partial charge in [0.1, 0.15) is 0 Å². The summed E-state index contributed by atoms with van der Waals surface area (Å²) in [7, 11) is 0. The molecule has 108 valence electrons. The van der Waals surface area contributed by atoms with Crippen LogP contribution in [0.2, 0.25) is 0 Å². The van der Waals surface area contributed by atoms with Crippen LogP contribution in [0.4, 0.5) is 0 Å². The number of carbonyl (C=O) groups is 1. The standard InChI is InChI=1S/C14H30N2O2/c1-3-5-13(8-9-15)6-7-14(18)16(10-4-2)11-12-17/h13,17H,3-12,15H2,1-2H3. The highest BCUT2D eigenvalue weighted by Crippen LogP contribution is 2.17. The van der Waals surface area contributed by atoms with Crippen LogP contribution in [-0.2, 0) is 4.79 Å². The van der Waals surface area contributed by atoms with Crippen molar-refractivity contribution < 1.29 is 9.90 Å². The number of nitrogens with two attached hydrogens (primary N) is 1. The number of nitrogens with zero attached hydrogens (tertiary/aromatic N) is 1. The molecular formula is C14H30N2O2. The molecule has 0 bridgehead atoms. The molecule has 0 aromatic rings. The summed E-state index contributed by atoms with van der Waals surface area (Å²) >= 11 is 0. The highest BCUT2D eigenvalue weighted by Gasteiger charge is 2.14. The highest BCUT2D eigenvalue weighted by atomic mass is 16.3. The van der Waals surface area contributed by atoms with E-state index in [4.69, 9.17) is 10.8 Å². The van der Waals surface area contributed by atoms with E-state index >= 15 is 0 Å². The van der Waals surface area contributed by atoms with Crippen LogP contribution in [0.5, 0.6) is 0 Å². The van der Waals surface area contributed by atoms with Crippen LogP contribution in [0.1, 0.15) is 52.4 Å². The SMILES string of the molecule is CCCC(CCN)CCC(=O)N(CCC)CCO. The van der Waals surface area contributed by atoms with Crippen LogP contribution in [0.25, 0.3) is 0 Å². The summed E-state index contributed by atoms with van der Waals surface area (Å²) in [5.74, 6) is 0.741. The zero-order valence-electron chi connectivity index (χ0n) is 12.0. The maximum Gasteiger partial charge on any atom is 0.222 e. The molecule has 1 amide bonds. The lowest BCUT2D eigenvalue weighted by Crippen LogP contribution is -2.34. The average Bonchev–Trinajstić information content (AvgIpc) is 2.36. The number of carbonyl (C=O) groups excluding carboxylic acids is 1. The average molecular weight is 258 g/mol. The zero-order valence-corrected chi connectivity index (χ0v) is 12.0. The van der Waals surface area contributed by atoms with E-state index in [-0.39, 0.29) is 12.5 Å². The van der Waals surface area contributed by atoms with Gasteiger partial charge in [-0.1, -0.05) is 26.7 Å². The van der Waals surface area contributed by atoms with Gasteiger partial charge in [-0.2, -0.15) is 0 Å². The lowest BCUT2D eigenvalue weighted by molar-refractivity contribution is -0.132. The van der Waals surface area contributed by atoms with Crippen molar-refractivity contribution in [1.82, 2.24) is 4.90 Å². The molecule has 4 heteroatoms. The molecule has 0 spiro atoms. The summed E-state index contributed by atoms with van der Waals surface area (Å²) < 4.78 is 0. The third-order valence-corrected chi connectivity index (χ3v) is 3.25. The van der Waals surface area contributed by atoms with Crippen molar-refractivity contribution in [2.75, 3.05) is 26.2 Å². The first kappa shape index (κ1) is 17.4. The molecule has 0 heterocycles. The smallest absolute Gasteiger partial charge is 0.222 e. The molecule has 3 N–H and O–H groups in total. The molecule has 4 nitrogen and oxygen atoms in total. The van der Waals surface area contributed by atoms with Crippen LogP contribution in [-0.4, -0.2) is 42.2 Å². The zero-order chi connectivity index (χ0) is 13.8. The van der Waals surface area contributed by atoms with E-state index in [1.807, 2.05) is 6.92 Å². The Kier molecular flexibility index (Phi) is 11.1. The summed E-state index contributed by atoms with van der Waals surface area (Å²) in [6, 6.07) is 0. The molecule has 0 aromatic heterocycles. The van der Waals surface area contributed by atoms with Gasteiger partial charge >= 0.3 is 0 Å². The van der Waals surface area contributed by atoms with Gasteiger partial charge < -0.3 is 15.7 Å². The first-order valence-corrected chi connectivity index (χ1v) is 7.28. The number of aliphatic hydroxyl groups excluding tert-OH is 1. The molecule has 1 unspecified atom stereocenters. The quantitative estimate of drug-likeness (QED) is 0.593. The largest absolute Gasteiger partial charge is 0.395 e. The fourth-order valence-electron chi connectivity index (χ4n) is 2.31. The van der Waals surface area contributed by atoms with E-state index < -0.39 is 0 Å². The van der Waals surface area contributed by atoms with Gasteiger partial charge in [0.2, 0.25) is 5.91 Å². The second kappa shape index (κ2) is 11.5. The van der Waals surface area contributed by atoms with Gasteiger partial charge in [0.25, 0.3) is 0 Å². The number of amides is 1. The van der Waals surface area contributed by atoms with Gasteiger partial charge in [-0.25, -0.2) is 0 Å². The first-order valence-electron chi connectivity index (χ1n) is 7.28.